The van der Waals surface area contributed by atoms with Crippen molar-refractivity contribution in [2.45, 2.75) is 6.42 Å². The number of hydrogen-bond donors (Lipinski definition) is 0. The van der Waals surface area contributed by atoms with Crippen LogP contribution in [0.2, 0.25) is 0 Å². The van der Waals surface area contributed by atoms with Crippen LogP contribution in [-0.2, 0) is 0 Å². The molecule has 0 saturated heterocycles. The predicted octanol–water partition coefficient (Wildman–Crippen LogP) is 1.69. The fourth-order valence-electron chi connectivity index (χ4n) is 1.52. The third-order valence-electron chi connectivity index (χ3n) is 2.14. The molecule has 0 atom stereocenters. The molecule has 0 N–H and O–H groups in total. The molecule has 0 aliphatic heterocycles. The first-order valence-corrected chi connectivity index (χ1v) is 3.91. The summed E-state index contributed by atoms with van der Waals surface area (Å²) in [5.74, 6) is 0.186. The van der Waals surface area contributed by atoms with Crippen molar-refractivity contribution in [2.75, 3.05) is 7.05 Å². The lowest BCUT2D eigenvalue weighted by atomic mass is 10.1. The van der Waals surface area contributed by atoms with Crippen molar-refractivity contribution in [2.24, 2.45) is 4.99 Å². The van der Waals surface area contributed by atoms with Crippen molar-refractivity contribution < 1.29 is 4.79 Å². The Kier molecular flexibility index (Phi) is 1.54. The van der Waals surface area contributed by atoms with Gasteiger partial charge in [0.15, 0.2) is 5.78 Å². The van der Waals surface area contributed by atoms with Gasteiger partial charge < -0.3 is 0 Å². The maximum atomic E-state index is 11.4. The van der Waals surface area contributed by atoms with Gasteiger partial charge in [-0.3, -0.25) is 9.79 Å². The van der Waals surface area contributed by atoms with Gasteiger partial charge in [-0.05, 0) is 0 Å². The van der Waals surface area contributed by atoms with Crippen LogP contribution < -0.4 is 0 Å². The number of nitrogens with zero attached hydrogens (tertiary/aromatic N) is 1. The van der Waals surface area contributed by atoms with Crippen LogP contribution in [0.15, 0.2) is 29.3 Å². The minimum Gasteiger partial charge on any atom is -0.294 e. The SMILES string of the molecule is CN=C1CC(=O)c2ccccc21. The summed E-state index contributed by atoms with van der Waals surface area (Å²) in [5.41, 5.74) is 2.73. The van der Waals surface area contributed by atoms with E-state index in [-0.39, 0.29) is 5.78 Å². The summed E-state index contributed by atoms with van der Waals surface area (Å²) in [5, 5.41) is 0. The van der Waals surface area contributed by atoms with E-state index < -0.39 is 0 Å². The molecular formula is C10H9NO. The summed E-state index contributed by atoms with van der Waals surface area (Å²) >= 11 is 0. The van der Waals surface area contributed by atoms with E-state index in [0.29, 0.717) is 6.42 Å². The molecule has 1 aromatic rings. The topological polar surface area (TPSA) is 29.4 Å². The molecule has 1 aliphatic rings. The molecule has 0 aromatic heterocycles. The van der Waals surface area contributed by atoms with Crippen LogP contribution in [0, 0.1) is 0 Å². The Labute approximate surface area is 70.9 Å². The van der Waals surface area contributed by atoms with Gasteiger partial charge in [-0.2, -0.15) is 0 Å². The quantitative estimate of drug-likeness (QED) is 0.566. The highest BCUT2D eigenvalue weighted by molar-refractivity contribution is 6.26. The lowest BCUT2D eigenvalue weighted by molar-refractivity contribution is 0.101. The molecule has 12 heavy (non-hydrogen) atoms. The van der Waals surface area contributed by atoms with Gasteiger partial charge in [-0.15, -0.1) is 0 Å². The Morgan fingerprint density at radius 3 is 2.58 bits per heavy atom. The first-order chi connectivity index (χ1) is 5.83. The normalized spacial score (nSPS) is 18.4. The van der Waals surface area contributed by atoms with Crippen molar-refractivity contribution in [3.05, 3.63) is 35.4 Å². The van der Waals surface area contributed by atoms with Crippen molar-refractivity contribution in [1.82, 2.24) is 0 Å². The van der Waals surface area contributed by atoms with Gasteiger partial charge in [0.2, 0.25) is 0 Å². The average molecular weight is 159 g/mol. The molecule has 1 aliphatic carbocycles. The number of aliphatic imine (C=N–C) groups is 1. The van der Waals surface area contributed by atoms with E-state index >= 15 is 0 Å². The lowest BCUT2D eigenvalue weighted by Gasteiger charge is -1.94. The third-order valence-corrected chi connectivity index (χ3v) is 2.14. The third kappa shape index (κ3) is 0.881. The largest absolute Gasteiger partial charge is 0.294 e. The summed E-state index contributed by atoms with van der Waals surface area (Å²) < 4.78 is 0. The summed E-state index contributed by atoms with van der Waals surface area (Å²) in [6.45, 7) is 0. The maximum Gasteiger partial charge on any atom is 0.169 e. The van der Waals surface area contributed by atoms with E-state index in [0.717, 1.165) is 16.8 Å². The van der Waals surface area contributed by atoms with Crippen LogP contribution in [0.3, 0.4) is 0 Å². The molecule has 0 amide bonds. The highest BCUT2D eigenvalue weighted by atomic mass is 16.1. The van der Waals surface area contributed by atoms with Gasteiger partial charge >= 0.3 is 0 Å². The summed E-state index contributed by atoms with van der Waals surface area (Å²) in [4.78, 5) is 15.4. The second-order valence-electron chi connectivity index (χ2n) is 2.82. The first-order valence-electron chi connectivity index (χ1n) is 3.91. The molecule has 0 heterocycles. The monoisotopic (exact) mass is 159 g/mol. The zero-order valence-electron chi connectivity index (χ0n) is 6.87. The lowest BCUT2D eigenvalue weighted by Crippen LogP contribution is -1.93. The number of carbonyl (C=O) groups excluding carboxylic acids is 1. The number of carbonyl (C=O) groups is 1. The first kappa shape index (κ1) is 7.22. The highest BCUT2D eigenvalue weighted by Gasteiger charge is 2.23. The molecule has 0 fully saturated rings. The second kappa shape index (κ2) is 2.55. The van der Waals surface area contributed by atoms with Crippen LogP contribution in [-0.4, -0.2) is 18.5 Å². The zero-order valence-corrected chi connectivity index (χ0v) is 6.87. The maximum absolute atomic E-state index is 11.4. The minimum atomic E-state index is 0.186. The summed E-state index contributed by atoms with van der Waals surface area (Å²) in [6.07, 6.45) is 0.468. The van der Waals surface area contributed by atoms with Gasteiger partial charge in [0.1, 0.15) is 0 Å². The Hall–Kier alpha value is -1.44. The van der Waals surface area contributed by atoms with Gasteiger partial charge in [-0.1, -0.05) is 24.3 Å². The average Bonchev–Trinajstić information content (AvgIpc) is 2.44. The Bertz CT molecular complexity index is 366. The van der Waals surface area contributed by atoms with E-state index in [1.165, 1.54) is 0 Å². The molecule has 0 radical (unpaired) electrons. The number of rotatable bonds is 0. The number of Topliss-reactive ketones (excluding diaryl/α,β-unsaturated/α-hetero) is 1. The van der Waals surface area contributed by atoms with E-state index in [1.54, 1.807) is 7.05 Å². The molecule has 2 heteroatoms. The fraction of sp³-hybridized carbons (Fsp3) is 0.200. The Balaban J connectivity index is 2.65. The fourth-order valence-corrected chi connectivity index (χ4v) is 1.52. The second-order valence-corrected chi connectivity index (χ2v) is 2.82. The van der Waals surface area contributed by atoms with Crippen molar-refractivity contribution in [1.29, 1.82) is 0 Å². The van der Waals surface area contributed by atoms with E-state index in [9.17, 15) is 4.79 Å². The molecule has 1 aromatic carbocycles. The zero-order chi connectivity index (χ0) is 8.55. The molecule has 0 spiro atoms. The summed E-state index contributed by atoms with van der Waals surface area (Å²) in [7, 11) is 1.73. The molecule has 2 nitrogen and oxygen atoms in total. The van der Waals surface area contributed by atoms with Crippen molar-refractivity contribution in [3.63, 3.8) is 0 Å². The summed E-state index contributed by atoms with van der Waals surface area (Å²) in [6, 6.07) is 7.62. The van der Waals surface area contributed by atoms with Gasteiger partial charge in [-0.25, -0.2) is 0 Å². The van der Waals surface area contributed by atoms with Crippen LogP contribution in [0.1, 0.15) is 22.3 Å². The number of benzene rings is 1. The van der Waals surface area contributed by atoms with Gasteiger partial charge in [0.25, 0.3) is 0 Å². The number of hydrogen-bond acceptors (Lipinski definition) is 2. The Morgan fingerprint density at radius 2 is 1.92 bits per heavy atom. The molecule has 0 saturated carbocycles. The molecule has 0 unspecified atom stereocenters. The molecule has 60 valence electrons. The smallest absolute Gasteiger partial charge is 0.169 e. The van der Waals surface area contributed by atoms with E-state index in [1.807, 2.05) is 24.3 Å². The van der Waals surface area contributed by atoms with Crippen LogP contribution in [0.4, 0.5) is 0 Å². The van der Waals surface area contributed by atoms with Crippen molar-refractivity contribution >= 4 is 11.5 Å². The van der Waals surface area contributed by atoms with Gasteiger partial charge in [0, 0.05) is 18.2 Å². The van der Waals surface area contributed by atoms with E-state index in [2.05, 4.69) is 4.99 Å². The Morgan fingerprint density at radius 1 is 1.25 bits per heavy atom. The standard InChI is InChI=1S/C10H9NO/c1-11-9-6-10(12)8-5-3-2-4-7(8)9/h2-5H,6H2,1H3. The van der Waals surface area contributed by atoms with Crippen molar-refractivity contribution in [3.8, 4) is 0 Å². The number of ketones is 1. The molecule has 2 rings (SSSR count). The van der Waals surface area contributed by atoms with Gasteiger partial charge in [0.05, 0.1) is 12.1 Å². The van der Waals surface area contributed by atoms with Crippen LogP contribution >= 0.6 is 0 Å². The molecular weight excluding hydrogens is 150 g/mol. The molecule has 0 bridgehead atoms. The number of fused-ring (bicyclic) bond motifs is 1. The van der Waals surface area contributed by atoms with Crippen LogP contribution in [0.5, 0.6) is 0 Å². The minimum absolute atomic E-state index is 0.186. The highest BCUT2D eigenvalue weighted by Crippen LogP contribution is 2.21. The van der Waals surface area contributed by atoms with E-state index in [4.69, 9.17) is 0 Å². The predicted molar refractivity (Wildman–Crippen MR) is 47.9 cm³/mol. The van der Waals surface area contributed by atoms with Crippen LogP contribution in [0.25, 0.3) is 0 Å².